The van der Waals surface area contributed by atoms with Crippen molar-refractivity contribution in [2.24, 2.45) is 0 Å². The fraction of sp³-hybridized carbons (Fsp3) is 0.923. The van der Waals surface area contributed by atoms with Crippen molar-refractivity contribution in [3.8, 4) is 0 Å². The van der Waals surface area contributed by atoms with Gasteiger partial charge in [-0.2, -0.15) is 0 Å². The maximum atomic E-state index is 12.2. The molecule has 1 amide bonds. The van der Waals surface area contributed by atoms with Crippen LogP contribution < -0.4 is 5.32 Å². The molecule has 0 aromatic rings. The maximum absolute atomic E-state index is 12.2. The molecular weight excluding hydrogens is 216 g/mol. The SMILES string of the molecule is CC(NC1CC2CCC1O2)C(=O)N1CCCC1. The van der Waals surface area contributed by atoms with E-state index in [-0.39, 0.29) is 11.9 Å². The van der Waals surface area contributed by atoms with Crippen molar-refractivity contribution < 1.29 is 9.53 Å². The fourth-order valence-corrected chi connectivity index (χ4v) is 3.42. The van der Waals surface area contributed by atoms with Crippen molar-refractivity contribution in [1.29, 1.82) is 0 Å². The van der Waals surface area contributed by atoms with Gasteiger partial charge in [-0.05, 0) is 39.0 Å². The van der Waals surface area contributed by atoms with E-state index in [1.165, 1.54) is 6.42 Å². The Hall–Kier alpha value is -0.610. The second-order valence-electron chi connectivity index (χ2n) is 5.64. The lowest BCUT2D eigenvalue weighted by atomic mass is 9.95. The standard InChI is InChI=1S/C13H22N2O2/c1-9(13(16)15-6-2-3-7-15)14-11-8-10-4-5-12(11)17-10/h9-12,14H,2-8H2,1H3. The number of nitrogens with one attached hydrogen (secondary N) is 1. The molecular formula is C13H22N2O2. The van der Waals surface area contributed by atoms with E-state index >= 15 is 0 Å². The van der Waals surface area contributed by atoms with Gasteiger partial charge in [0.05, 0.1) is 18.2 Å². The molecule has 3 fully saturated rings. The van der Waals surface area contributed by atoms with Gasteiger partial charge in [0.15, 0.2) is 0 Å². The minimum atomic E-state index is -0.0546. The first kappa shape index (κ1) is 11.5. The van der Waals surface area contributed by atoms with Gasteiger partial charge in [0, 0.05) is 19.1 Å². The van der Waals surface area contributed by atoms with E-state index in [1.807, 2.05) is 11.8 Å². The normalized spacial score (nSPS) is 37.7. The number of nitrogens with zero attached hydrogens (tertiary/aromatic N) is 1. The van der Waals surface area contributed by atoms with Gasteiger partial charge in [0.2, 0.25) is 5.91 Å². The Bertz CT molecular complexity index is 302. The number of fused-ring (bicyclic) bond motifs is 2. The molecule has 0 saturated carbocycles. The summed E-state index contributed by atoms with van der Waals surface area (Å²) >= 11 is 0. The molecule has 0 radical (unpaired) electrons. The van der Waals surface area contributed by atoms with Crippen molar-refractivity contribution in [2.75, 3.05) is 13.1 Å². The van der Waals surface area contributed by atoms with E-state index < -0.39 is 0 Å². The number of carbonyl (C=O) groups is 1. The summed E-state index contributed by atoms with van der Waals surface area (Å²) in [7, 11) is 0. The molecule has 4 atom stereocenters. The highest BCUT2D eigenvalue weighted by Gasteiger charge is 2.41. The number of carbonyl (C=O) groups excluding carboxylic acids is 1. The summed E-state index contributed by atoms with van der Waals surface area (Å²) in [5.74, 6) is 0.269. The Balaban J connectivity index is 1.52. The minimum Gasteiger partial charge on any atom is -0.373 e. The Morgan fingerprint density at radius 3 is 2.71 bits per heavy atom. The van der Waals surface area contributed by atoms with Crippen molar-refractivity contribution in [2.45, 2.75) is 63.3 Å². The van der Waals surface area contributed by atoms with E-state index in [4.69, 9.17) is 4.74 Å². The van der Waals surface area contributed by atoms with Crippen LogP contribution in [0.25, 0.3) is 0 Å². The number of amides is 1. The average Bonchev–Trinajstić information content (AvgIpc) is 3.04. The van der Waals surface area contributed by atoms with Crippen LogP contribution in [0, 0.1) is 0 Å². The van der Waals surface area contributed by atoms with E-state index in [0.717, 1.165) is 38.8 Å². The van der Waals surface area contributed by atoms with E-state index in [1.54, 1.807) is 0 Å². The van der Waals surface area contributed by atoms with Gasteiger partial charge in [-0.3, -0.25) is 4.79 Å². The van der Waals surface area contributed by atoms with Crippen LogP contribution in [0.3, 0.4) is 0 Å². The van der Waals surface area contributed by atoms with Crippen LogP contribution in [0.1, 0.15) is 39.0 Å². The molecule has 0 aromatic carbocycles. The number of ether oxygens (including phenoxy) is 1. The van der Waals surface area contributed by atoms with Crippen molar-refractivity contribution >= 4 is 5.91 Å². The lowest BCUT2D eigenvalue weighted by Gasteiger charge is -2.26. The zero-order valence-corrected chi connectivity index (χ0v) is 10.5. The molecule has 3 aliphatic rings. The van der Waals surface area contributed by atoms with Crippen LogP contribution in [0.5, 0.6) is 0 Å². The van der Waals surface area contributed by atoms with Gasteiger partial charge >= 0.3 is 0 Å². The molecule has 3 heterocycles. The highest BCUT2D eigenvalue weighted by atomic mass is 16.5. The predicted molar refractivity (Wildman–Crippen MR) is 64.7 cm³/mol. The minimum absolute atomic E-state index is 0.0546. The number of likely N-dealkylation sites (tertiary alicyclic amines) is 1. The van der Waals surface area contributed by atoms with Crippen LogP contribution >= 0.6 is 0 Å². The molecule has 0 aliphatic carbocycles. The van der Waals surface area contributed by atoms with Gasteiger partial charge in [-0.1, -0.05) is 0 Å². The molecule has 17 heavy (non-hydrogen) atoms. The monoisotopic (exact) mass is 238 g/mol. The molecule has 3 aliphatic heterocycles. The van der Waals surface area contributed by atoms with Gasteiger partial charge in [0.25, 0.3) is 0 Å². The quantitative estimate of drug-likeness (QED) is 0.794. The largest absolute Gasteiger partial charge is 0.373 e. The molecule has 0 aromatic heterocycles. The van der Waals surface area contributed by atoms with Crippen LogP contribution in [0.15, 0.2) is 0 Å². The van der Waals surface area contributed by atoms with E-state index in [0.29, 0.717) is 18.2 Å². The molecule has 3 saturated heterocycles. The number of rotatable bonds is 3. The van der Waals surface area contributed by atoms with Gasteiger partial charge < -0.3 is 15.0 Å². The summed E-state index contributed by atoms with van der Waals surface area (Å²) in [6.45, 7) is 3.88. The molecule has 4 unspecified atom stereocenters. The lowest BCUT2D eigenvalue weighted by Crippen LogP contribution is -2.50. The Morgan fingerprint density at radius 1 is 1.35 bits per heavy atom. The third-order valence-electron chi connectivity index (χ3n) is 4.36. The Kier molecular flexibility index (Phi) is 3.09. The number of hydrogen-bond acceptors (Lipinski definition) is 3. The maximum Gasteiger partial charge on any atom is 0.239 e. The van der Waals surface area contributed by atoms with Crippen LogP contribution in [-0.4, -0.2) is 48.2 Å². The second-order valence-corrected chi connectivity index (χ2v) is 5.64. The van der Waals surface area contributed by atoms with Crippen molar-refractivity contribution in [3.05, 3.63) is 0 Å². The van der Waals surface area contributed by atoms with Crippen molar-refractivity contribution in [3.63, 3.8) is 0 Å². The highest BCUT2D eigenvalue weighted by Crippen LogP contribution is 2.34. The van der Waals surface area contributed by atoms with Crippen molar-refractivity contribution in [1.82, 2.24) is 10.2 Å². The molecule has 4 heteroatoms. The van der Waals surface area contributed by atoms with Gasteiger partial charge in [-0.15, -0.1) is 0 Å². The Morgan fingerprint density at radius 2 is 2.12 bits per heavy atom. The van der Waals surface area contributed by atoms with Gasteiger partial charge in [0.1, 0.15) is 0 Å². The summed E-state index contributed by atoms with van der Waals surface area (Å²) in [6, 6.07) is 0.344. The third kappa shape index (κ3) is 2.20. The molecule has 4 nitrogen and oxygen atoms in total. The predicted octanol–water partition coefficient (Wildman–Crippen LogP) is 0.907. The molecule has 0 spiro atoms. The second kappa shape index (κ2) is 4.58. The summed E-state index contributed by atoms with van der Waals surface area (Å²) in [6.07, 6.45) is 6.58. The summed E-state index contributed by atoms with van der Waals surface area (Å²) in [4.78, 5) is 14.2. The zero-order valence-electron chi connectivity index (χ0n) is 10.5. The first-order valence-electron chi connectivity index (χ1n) is 6.94. The highest BCUT2D eigenvalue weighted by molar-refractivity contribution is 5.81. The molecule has 1 N–H and O–H groups in total. The zero-order chi connectivity index (χ0) is 11.8. The summed E-state index contributed by atoms with van der Waals surface area (Å²) in [5.41, 5.74) is 0. The first-order valence-corrected chi connectivity index (χ1v) is 6.94. The lowest BCUT2D eigenvalue weighted by molar-refractivity contribution is -0.132. The number of hydrogen-bond donors (Lipinski definition) is 1. The smallest absolute Gasteiger partial charge is 0.239 e. The van der Waals surface area contributed by atoms with Crippen LogP contribution in [0.2, 0.25) is 0 Å². The van der Waals surface area contributed by atoms with E-state index in [2.05, 4.69) is 5.32 Å². The third-order valence-corrected chi connectivity index (χ3v) is 4.36. The molecule has 3 rings (SSSR count). The average molecular weight is 238 g/mol. The van der Waals surface area contributed by atoms with E-state index in [9.17, 15) is 4.79 Å². The molecule has 96 valence electrons. The van der Waals surface area contributed by atoms with Gasteiger partial charge in [-0.25, -0.2) is 0 Å². The van der Waals surface area contributed by atoms with Crippen LogP contribution in [-0.2, 0) is 9.53 Å². The fourth-order valence-electron chi connectivity index (χ4n) is 3.42. The summed E-state index contributed by atoms with van der Waals surface area (Å²) in [5, 5.41) is 3.47. The first-order chi connectivity index (χ1) is 8.24. The topological polar surface area (TPSA) is 41.6 Å². The summed E-state index contributed by atoms with van der Waals surface area (Å²) < 4.78 is 5.80. The Labute approximate surface area is 103 Å². The molecule has 2 bridgehead atoms. The van der Waals surface area contributed by atoms with Crippen LogP contribution in [0.4, 0.5) is 0 Å².